The zero-order valence-corrected chi connectivity index (χ0v) is 19.5. The summed E-state index contributed by atoms with van der Waals surface area (Å²) < 4.78 is 13.7. The van der Waals surface area contributed by atoms with Crippen LogP contribution in [0.2, 0.25) is 0 Å². The molecule has 1 aliphatic carbocycles. The highest BCUT2D eigenvalue weighted by atomic mass is 32.1. The summed E-state index contributed by atoms with van der Waals surface area (Å²) in [6.07, 6.45) is 4.55. The number of aromatic nitrogens is 1. The maximum absolute atomic E-state index is 13.7. The van der Waals surface area contributed by atoms with E-state index in [1.807, 2.05) is 6.07 Å². The minimum atomic E-state index is -0.158. The van der Waals surface area contributed by atoms with E-state index in [1.165, 1.54) is 24.6 Å². The van der Waals surface area contributed by atoms with Crippen molar-refractivity contribution >= 4 is 17.3 Å². The molecule has 2 aromatic rings. The van der Waals surface area contributed by atoms with Gasteiger partial charge >= 0.3 is 0 Å². The molecule has 4 rings (SSSR count). The maximum Gasteiger partial charge on any atom is 0.191 e. The van der Waals surface area contributed by atoms with E-state index in [2.05, 4.69) is 39.7 Å². The van der Waals surface area contributed by atoms with Crippen LogP contribution in [0.5, 0.6) is 0 Å². The van der Waals surface area contributed by atoms with E-state index in [4.69, 9.17) is 4.99 Å². The molecule has 1 saturated heterocycles. The molecular formula is C24H34FN5S. The molecule has 2 fully saturated rings. The van der Waals surface area contributed by atoms with Crippen LogP contribution in [0, 0.1) is 18.7 Å². The molecular weight excluding hydrogens is 409 g/mol. The first-order valence-electron chi connectivity index (χ1n) is 11.5. The van der Waals surface area contributed by atoms with Gasteiger partial charge in [-0.25, -0.2) is 9.37 Å². The molecule has 0 radical (unpaired) electrons. The van der Waals surface area contributed by atoms with Gasteiger partial charge in [-0.1, -0.05) is 12.1 Å². The van der Waals surface area contributed by atoms with Gasteiger partial charge in [0.15, 0.2) is 5.96 Å². The number of thiazole rings is 1. The van der Waals surface area contributed by atoms with Crippen LogP contribution in [0.1, 0.15) is 48.9 Å². The minimum Gasteiger partial charge on any atom is -0.357 e. The van der Waals surface area contributed by atoms with E-state index < -0.39 is 0 Å². The third-order valence-electron chi connectivity index (χ3n) is 6.49. The number of likely N-dealkylation sites (tertiary alicyclic amines) is 1. The highest BCUT2D eigenvalue weighted by molar-refractivity contribution is 7.09. The molecule has 1 aromatic carbocycles. The van der Waals surface area contributed by atoms with Crippen molar-refractivity contribution in [2.75, 3.05) is 32.7 Å². The number of piperidine rings is 1. The highest BCUT2D eigenvalue weighted by Gasteiger charge is 2.44. The first-order chi connectivity index (χ1) is 15.1. The number of nitrogens with one attached hydrogen (secondary N) is 2. The van der Waals surface area contributed by atoms with Crippen LogP contribution < -0.4 is 10.6 Å². The number of aryl methyl sites for hydroxylation is 1. The van der Waals surface area contributed by atoms with E-state index >= 15 is 0 Å². The molecule has 2 heterocycles. The van der Waals surface area contributed by atoms with Crippen molar-refractivity contribution in [2.24, 2.45) is 10.9 Å². The SMILES string of the molecule is CCNC(=NCC1(c2cccc(F)c2)CC1)NCC1CCN(Cc2csc(C)n2)CC1. The molecule has 31 heavy (non-hydrogen) atoms. The Balaban J connectivity index is 1.25. The molecule has 0 spiro atoms. The molecule has 2 aliphatic rings. The standard InChI is InChI=1S/C24H34FN5S/c1-3-26-23(28-17-24(9-10-24)20-5-4-6-21(25)13-20)27-14-19-7-11-30(12-8-19)15-22-16-31-18(2)29-22/h4-6,13,16,19H,3,7-12,14-15,17H2,1-2H3,(H2,26,27,28). The summed E-state index contributed by atoms with van der Waals surface area (Å²) in [5.74, 6) is 1.38. The Morgan fingerprint density at radius 2 is 2.10 bits per heavy atom. The Labute approximate surface area is 189 Å². The van der Waals surface area contributed by atoms with Gasteiger partial charge in [0.1, 0.15) is 5.82 Å². The summed E-state index contributed by atoms with van der Waals surface area (Å²) in [6, 6.07) is 7.02. The van der Waals surface area contributed by atoms with Crippen LogP contribution in [0.15, 0.2) is 34.6 Å². The van der Waals surface area contributed by atoms with Crippen LogP contribution in [-0.2, 0) is 12.0 Å². The topological polar surface area (TPSA) is 52.6 Å². The molecule has 1 aliphatic heterocycles. The van der Waals surface area contributed by atoms with E-state index in [0.717, 1.165) is 62.1 Å². The summed E-state index contributed by atoms with van der Waals surface area (Å²) in [7, 11) is 0. The molecule has 1 saturated carbocycles. The molecule has 2 N–H and O–H groups in total. The number of hydrogen-bond donors (Lipinski definition) is 2. The van der Waals surface area contributed by atoms with E-state index in [1.54, 1.807) is 23.5 Å². The van der Waals surface area contributed by atoms with Crippen LogP contribution in [0.3, 0.4) is 0 Å². The Kier molecular flexibility index (Phi) is 7.23. The van der Waals surface area contributed by atoms with Crippen LogP contribution in [0.25, 0.3) is 0 Å². The van der Waals surface area contributed by atoms with Crippen molar-refractivity contribution in [3.05, 3.63) is 51.7 Å². The average molecular weight is 444 g/mol. The summed E-state index contributed by atoms with van der Waals surface area (Å²) in [4.78, 5) is 12.0. The van der Waals surface area contributed by atoms with Crippen molar-refractivity contribution in [2.45, 2.75) is 51.5 Å². The van der Waals surface area contributed by atoms with E-state index in [0.29, 0.717) is 12.5 Å². The number of rotatable bonds is 8. The van der Waals surface area contributed by atoms with Gasteiger partial charge in [0.05, 0.1) is 17.2 Å². The number of nitrogens with zero attached hydrogens (tertiary/aromatic N) is 3. The normalized spacial score (nSPS) is 19.4. The van der Waals surface area contributed by atoms with Crippen molar-refractivity contribution < 1.29 is 4.39 Å². The Morgan fingerprint density at radius 1 is 1.29 bits per heavy atom. The number of aliphatic imine (C=N–C) groups is 1. The average Bonchev–Trinajstić information content (AvgIpc) is 3.46. The molecule has 0 atom stereocenters. The minimum absolute atomic E-state index is 0.0177. The second-order valence-corrected chi connectivity index (χ2v) is 10.0. The lowest BCUT2D eigenvalue weighted by molar-refractivity contribution is 0.176. The van der Waals surface area contributed by atoms with Crippen LogP contribution >= 0.6 is 11.3 Å². The van der Waals surface area contributed by atoms with Gasteiger partial charge in [0.2, 0.25) is 0 Å². The molecule has 0 amide bonds. The molecule has 7 heteroatoms. The first kappa shape index (κ1) is 22.2. The van der Waals surface area contributed by atoms with Crippen molar-refractivity contribution in [3.63, 3.8) is 0 Å². The molecule has 0 bridgehead atoms. The second-order valence-electron chi connectivity index (χ2n) is 8.94. The monoisotopic (exact) mass is 443 g/mol. The fourth-order valence-electron chi connectivity index (χ4n) is 4.38. The fourth-order valence-corrected chi connectivity index (χ4v) is 4.98. The molecule has 1 aromatic heterocycles. The zero-order valence-electron chi connectivity index (χ0n) is 18.7. The third-order valence-corrected chi connectivity index (χ3v) is 7.31. The van der Waals surface area contributed by atoms with Crippen LogP contribution in [-0.4, -0.2) is 48.6 Å². The van der Waals surface area contributed by atoms with E-state index in [-0.39, 0.29) is 11.2 Å². The lowest BCUT2D eigenvalue weighted by atomic mass is 9.96. The predicted octanol–water partition coefficient (Wildman–Crippen LogP) is 4.09. The number of guanidine groups is 1. The Bertz CT molecular complexity index is 884. The van der Waals surface area contributed by atoms with Gasteiger partial charge in [0.25, 0.3) is 0 Å². The summed E-state index contributed by atoms with van der Waals surface area (Å²) in [5.41, 5.74) is 2.30. The van der Waals surface area contributed by atoms with Crippen molar-refractivity contribution in [3.8, 4) is 0 Å². The second kappa shape index (κ2) is 10.1. The third kappa shape index (κ3) is 6.04. The summed E-state index contributed by atoms with van der Waals surface area (Å²) >= 11 is 1.73. The number of hydrogen-bond acceptors (Lipinski definition) is 4. The van der Waals surface area contributed by atoms with Gasteiger partial charge in [-0.05, 0) is 76.2 Å². The zero-order chi connectivity index (χ0) is 21.7. The van der Waals surface area contributed by atoms with Gasteiger partial charge in [-0.3, -0.25) is 9.89 Å². The molecule has 5 nitrogen and oxygen atoms in total. The molecule has 0 unspecified atom stereocenters. The number of benzene rings is 1. The Hall–Kier alpha value is -1.99. The first-order valence-corrected chi connectivity index (χ1v) is 12.4. The quantitative estimate of drug-likeness (QED) is 0.477. The van der Waals surface area contributed by atoms with Crippen LogP contribution in [0.4, 0.5) is 4.39 Å². The lowest BCUT2D eigenvalue weighted by Crippen LogP contribution is -2.43. The molecule has 168 valence electrons. The Morgan fingerprint density at radius 3 is 2.74 bits per heavy atom. The van der Waals surface area contributed by atoms with Gasteiger partial charge in [-0.15, -0.1) is 11.3 Å². The smallest absolute Gasteiger partial charge is 0.191 e. The van der Waals surface area contributed by atoms with Crippen molar-refractivity contribution in [1.29, 1.82) is 0 Å². The largest absolute Gasteiger partial charge is 0.357 e. The summed E-state index contributed by atoms with van der Waals surface area (Å²) in [5, 5.41) is 10.3. The fraction of sp³-hybridized carbons (Fsp3) is 0.583. The van der Waals surface area contributed by atoms with E-state index in [9.17, 15) is 4.39 Å². The number of halogens is 1. The van der Waals surface area contributed by atoms with Gasteiger partial charge in [-0.2, -0.15) is 0 Å². The lowest BCUT2D eigenvalue weighted by Gasteiger charge is -2.31. The maximum atomic E-state index is 13.7. The van der Waals surface area contributed by atoms with Gasteiger partial charge < -0.3 is 10.6 Å². The van der Waals surface area contributed by atoms with Gasteiger partial charge in [0, 0.05) is 30.4 Å². The van der Waals surface area contributed by atoms with Crippen molar-refractivity contribution in [1.82, 2.24) is 20.5 Å². The summed E-state index contributed by atoms with van der Waals surface area (Å²) in [6.45, 7) is 9.87. The highest BCUT2D eigenvalue weighted by Crippen LogP contribution is 2.48. The predicted molar refractivity (Wildman–Crippen MR) is 126 cm³/mol.